The van der Waals surface area contributed by atoms with E-state index in [-0.39, 0.29) is 18.2 Å². The molecular formula is C21H22N2O5. The van der Waals surface area contributed by atoms with Gasteiger partial charge in [0, 0.05) is 5.69 Å². The Morgan fingerprint density at radius 2 is 1.79 bits per heavy atom. The van der Waals surface area contributed by atoms with Crippen molar-refractivity contribution in [2.45, 2.75) is 25.8 Å². The third-order valence-electron chi connectivity index (χ3n) is 4.36. The number of imide groups is 1. The maximum Gasteiger partial charge on any atom is 0.337 e. The van der Waals surface area contributed by atoms with E-state index in [0.717, 1.165) is 6.42 Å². The molecule has 2 aromatic rings. The molecule has 0 radical (unpaired) electrons. The zero-order valence-corrected chi connectivity index (χ0v) is 15.8. The van der Waals surface area contributed by atoms with Crippen LogP contribution in [-0.2, 0) is 14.3 Å². The van der Waals surface area contributed by atoms with E-state index in [9.17, 15) is 14.4 Å². The van der Waals surface area contributed by atoms with Gasteiger partial charge in [-0.05, 0) is 55.0 Å². The number of methoxy groups -OCH3 is 1. The summed E-state index contributed by atoms with van der Waals surface area (Å²) < 4.78 is 10.2. The standard InChI is InChI=1S/C21H22N2O5/c1-3-12-28-17-10-8-16(9-11-17)23-19(24)13-18(20(23)25)22-15-6-4-14(5-7-15)21(26)27-2/h4-11,18,22H,3,12-13H2,1-2H3/t18-/m0/s1. The lowest BCUT2D eigenvalue weighted by Crippen LogP contribution is -2.34. The van der Waals surface area contributed by atoms with E-state index in [1.807, 2.05) is 6.92 Å². The van der Waals surface area contributed by atoms with Gasteiger partial charge in [0.2, 0.25) is 5.91 Å². The SMILES string of the molecule is CCCOc1ccc(N2C(=O)C[C@H](Nc3ccc(C(=O)OC)cc3)C2=O)cc1. The highest BCUT2D eigenvalue weighted by atomic mass is 16.5. The van der Waals surface area contributed by atoms with Crippen LogP contribution in [0.15, 0.2) is 48.5 Å². The Hall–Kier alpha value is -3.35. The van der Waals surface area contributed by atoms with Gasteiger partial charge in [-0.1, -0.05) is 6.92 Å². The maximum atomic E-state index is 12.7. The number of benzene rings is 2. The molecule has 2 aromatic carbocycles. The quantitative estimate of drug-likeness (QED) is 0.585. The van der Waals surface area contributed by atoms with Gasteiger partial charge in [-0.3, -0.25) is 9.59 Å². The molecule has 0 unspecified atom stereocenters. The highest BCUT2D eigenvalue weighted by molar-refractivity contribution is 6.23. The zero-order chi connectivity index (χ0) is 20.1. The minimum Gasteiger partial charge on any atom is -0.494 e. The smallest absolute Gasteiger partial charge is 0.337 e. The first-order valence-electron chi connectivity index (χ1n) is 9.08. The van der Waals surface area contributed by atoms with Crippen LogP contribution in [0.2, 0.25) is 0 Å². The van der Waals surface area contributed by atoms with E-state index in [4.69, 9.17) is 4.74 Å². The molecule has 0 aliphatic carbocycles. The number of hydrogen-bond donors (Lipinski definition) is 1. The topological polar surface area (TPSA) is 84.9 Å². The van der Waals surface area contributed by atoms with Crippen molar-refractivity contribution in [1.29, 1.82) is 0 Å². The number of amides is 2. The van der Waals surface area contributed by atoms with Crippen LogP contribution < -0.4 is 15.0 Å². The number of rotatable bonds is 7. The molecular weight excluding hydrogens is 360 g/mol. The Morgan fingerprint density at radius 1 is 1.11 bits per heavy atom. The van der Waals surface area contributed by atoms with Crippen molar-refractivity contribution in [2.75, 3.05) is 23.9 Å². The molecule has 1 aliphatic rings. The molecule has 1 saturated heterocycles. The molecule has 146 valence electrons. The summed E-state index contributed by atoms with van der Waals surface area (Å²) in [6.45, 7) is 2.63. The van der Waals surface area contributed by atoms with Crippen LogP contribution in [0.25, 0.3) is 0 Å². The van der Waals surface area contributed by atoms with Crippen molar-refractivity contribution in [1.82, 2.24) is 0 Å². The predicted octanol–water partition coefficient (Wildman–Crippen LogP) is 3.01. The summed E-state index contributed by atoms with van der Waals surface area (Å²) >= 11 is 0. The van der Waals surface area contributed by atoms with Gasteiger partial charge in [-0.15, -0.1) is 0 Å². The average molecular weight is 382 g/mol. The molecule has 7 heteroatoms. The summed E-state index contributed by atoms with van der Waals surface area (Å²) in [5, 5.41) is 3.06. The molecule has 1 fully saturated rings. The summed E-state index contributed by atoms with van der Waals surface area (Å²) in [6.07, 6.45) is 0.963. The number of anilines is 2. The highest BCUT2D eigenvalue weighted by Gasteiger charge is 2.39. The fourth-order valence-electron chi connectivity index (χ4n) is 2.95. The van der Waals surface area contributed by atoms with Crippen LogP contribution in [0.5, 0.6) is 5.75 Å². The Kier molecular flexibility index (Phi) is 5.93. The second-order valence-corrected chi connectivity index (χ2v) is 6.38. The third kappa shape index (κ3) is 4.14. The molecule has 1 atom stereocenters. The lowest BCUT2D eigenvalue weighted by atomic mass is 10.2. The van der Waals surface area contributed by atoms with Crippen molar-refractivity contribution in [2.24, 2.45) is 0 Å². The van der Waals surface area contributed by atoms with E-state index in [1.165, 1.54) is 12.0 Å². The maximum absolute atomic E-state index is 12.7. The Morgan fingerprint density at radius 3 is 2.39 bits per heavy atom. The first-order valence-corrected chi connectivity index (χ1v) is 9.08. The molecule has 0 bridgehead atoms. The Labute approximate surface area is 163 Å². The summed E-state index contributed by atoms with van der Waals surface area (Å²) in [6, 6.07) is 12.8. The predicted molar refractivity (Wildman–Crippen MR) is 105 cm³/mol. The van der Waals surface area contributed by atoms with Crippen molar-refractivity contribution in [3.63, 3.8) is 0 Å². The molecule has 3 rings (SSSR count). The fraction of sp³-hybridized carbons (Fsp3) is 0.286. The molecule has 28 heavy (non-hydrogen) atoms. The van der Waals surface area contributed by atoms with Crippen LogP contribution in [0, 0.1) is 0 Å². The summed E-state index contributed by atoms with van der Waals surface area (Å²) in [5.74, 6) is -0.318. The van der Waals surface area contributed by atoms with Crippen LogP contribution in [-0.4, -0.2) is 37.5 Å². The second kappa shape index (κ2) is 8.56. The van der Waals surface area contributed by atoms with Gasteiger partial charge in [0.25, 0.3) is 5.91 Å². The number of nitrogens with one attached hydrogen (secondary N) is 1. The first kappa shape index (κ1) is 19.4. The molecule has 1 aliphatic heterocycles. The highest BCUT2D eigenvalue weighted by Crippen LogP contribution is 2.27. The number of nitrogens with zero attached hydrogens (tertiary/aromatic N) is 1. The molecule has 0 aromatic heterocycles. The number of carbonyl (C=O) groups is 3. The molecule has 7 nitrogen and oxygen atoms in total. The van der Waals surface area contributed by atoms with Gasteiger partial charge in [0.05, 0.1) is 31.4 Å². The number of ether oxygens (including phenoxy) is 2. The molecule has 0 saturated carbocycles. The van der Waals surface area contributed by atoms with Gasteiger partial charge >= 0.3 is 5.97 Å². The Bertz CT molecular complexity index is 861. The molecule has 1 heterocycles. The summed E-state index contributed by atoms with van der Waals surface area (Å²) in [4.78, 5) is 37.8. The normalized spacial score (nSPS) is 16.2. The number of carbonyl (C=O) groups excluding carboxylic acids is 3. The Balaban J connectivity index is 1.68. The van der Waals surface area contributed by atoms with E-state index < -0.39 is 12.0 Å². The van der Waals surface area contributed by atoms with E-state index >= 15 is 0 Å². The van der Waals surface area contributed by atoms with Crippen LogP contribution in [0.4, 0.5) is 11.4 Å². The summed E-state index contributed by atoms with van der Waals surface area (Å²) in [7, 11) is 1.31. The lowest BCUT2D eigenvalue weighted by molar-refractivity contribution is -0.121. The van der Waals surface area contributed by atoms with Crippen LogP contribution in [0.1, 0.15) is 30.1 Å². The average Bonchev–Trinajstić information content (AvgIpc) is 3.00. The molecule has 1 N–H and O–H groups in total. The largest absolute Gasteiger partial charge is 0.494 e. The van der Waals surface area contributed by atoms with Gasteiger partial charge < -0.3 is 14.8 Å². The number of esters is 1. The zero-order valence-electron chi connectivity index (χ0n) is 15.8. The van der Waals surface area contributed by atoms with Crippen molar-refractivity contribution in [3.8, 4) is 5.75 Å². The fourth-order valence-corrected chi connectivity index (χ4v) is 2.95. The number of hydrogen-bond acceptors (Lipinski definition) is 6. The molecule has 2 amide bonds. The van der Waals surface area contributed by atoms with Gasteiger partial charge in [0.15, 0.2) is 0 Å². The van der Waals surface area contributed by atoms with Gasteiger partial charge in [0.1, 0.15) is 11.8 Å². The summed E-state index contributed by atoms with van der Waals surface area (Å²) in [5.41, 5.74) is 1.57. The van der Waals surface area contributed by atoms with E-state index in [1.54, 1.807) is 48.5 Å². The third-order valence-corrected chi connectivity index (χ3v) is 4.36. The minimum atomic E-state index is -0.660. The van der Waals surface area contributed by atoms with Crippen LogP contribution in [0.3, 0.4) is 0 Å². The van der Waals surface area contributed by atoms with Crippen molar-refractivity contribution >= 4 is 29.2 Å². The van der Waals surface area contributed by atoms with Crippen LogP contribution >= 0.6 is 0 Å². The first-order chi connectivity index (χ1) is 13.5. The molecule has 0 spiro atoms. The monoisotopic (exact) mass is 382 g/mol. The minimum absolute atomic E-state index is 0.0612. The van der Waals surface area contributed by atoms with Crippen molar-refractivity contribution in [3.05, 3.63) is 54.1 Å². The lowest BCUT2D eigenvalue weighted by Gasteiger charge is -2.16. The van der Waals surface area contributed by atoms with E-state index in [2.05, 4.69) is 10.1 Å². The second-order valence-electron chi connectivity index (χ2n) is 6.38. The van der Waals surface area contributed by atoms with Crippen molar-refractivity contribution < 1.29 is 23.9 Å². The van der Waals surface area contributed by atoms with Gasteiger partial charge in [-0.2, -0.15) is 0 Å². The van der Waals surface area contributed by atoms with Gasteiger partial charge in [-0.25, -0.2) is 9.69 Å². The van der Waals surface area contributed by atoms with E-state index in [0.29, 0.717) is 29.3 Å².